The van der Waals surface area contributed by atoms with Gasteiger partial charge in [-0.1, -0.05) is 34.7 Å². The second kappa shape index (κ2) is 7.00. The van der Waals surface area contributed by atoms with Crippen LogP contribution >= 0.6 is 23.2 Å². The Hall–Kier alpha value is -1.42. The maximum atomic E-state index is 12.5. The molecule has 0 bridgehead atoms. The highest BCUT2D eigenvalue weighted by Crippen LogP contribution is 2.42. The van der Waals surface area contributed by atoms with Crippen LogP contribution < -0.4 is 5.32 Å². The van der Waals surface area contributed by atoms with Gasteiger partial charge in [0.05, 0.1) is 10.6 Å². The standard InChI is InChI=1S/C16H18Cl2N4O/c17-11-4-5-12(13(18)8-11)16(23)20-14(9-2-1-3-9)6-10-7-15(10)21-22-19/h4-5,8-10,14-15H,1-3,6-7H2,(H,20,23). The van der Waals surface area contributed by atoms with Crippen molar-refractivity contribution in [1.82, 2.24) is 5.32 Å². The van der Waals surface area contributed by atoms with Crippen LogP contribution in [0.2, 0.25) is 10.0 Å². The minimum Gasteiger partial charge on any atom is -0.349 e. The van der Waals surface area contributed by atoms with E-state index < -0.39 is 0 Å². The van der Waals surface area contributed by atoms with E-state index in [1.807, 2.05) is 0 Å². The molecule has 5 nitrogen and oxygen atoms in total. The first kappa shape index (κ1) is 16.4. The molecule has 1 aromatic rings. The molecule has 122 valence electrons. The van der Waals surface area contributed by atoms with Gasteiger partial charge in [-0.3, -0.25) is 4.79 Å². The van der Waals surface area contributed by atoms with Gasteiger partial charge in [0, 0.05) is 22.0 Å². The fourth-order valence-corrected chi connectivity index (χ4v) is 3.64. The lowest BCUT2D eigenvalue weighted by Gasteiger charge is -2.34. The zero-order chi connectivity index (χ0) is 16.4. The van der Waals surface area contributed by atoms with Gasteiger partial charge in [0.2, 0.25) is 0 Å². The Morgan fingerprint density at radius 1 is 1.43 bits per heavy atom. The molecule has 1 amide bonds. The lowest BCUT2D eigenvalue weighted by Crippen LogP contribution is -2.43. The Morgan fingerprint density at radius 2 is 2.22 bits per heavy atom. The first-order chi connectivity index (χ1) is 11.1. The van der Waals surface area contributed by atoms with Crippen molar-refractivity contribution in [2.24, 2.45) is 17.0 Å². The number of nitrogens with zero attached hydrogens (tertiary/aromatic N) is 3. The van der Waals surface area contributed by atoms with E-state index in [1.54, 1.807) is 18.2 Å². The van der Waals surface area contributed by atoms with Crippen LogP contribution in [-0.4, -0.2) is 18.0 Å². The fraction of sp³-hybridized carbons (Fsp3) is 0.562. The number of azide groups is 1. The van der Waals surface area contributed by atoms with Gasteiger partial charge in [0.15, 0.2) is 0 Å². The van der Waals surface area contributed by atoms with Gasteiger partial charge < -0.3 is 5.32 Å². The van der Waals surface area contributed by atoms with Crippen molar-refractivity contribution in [2.45, 2.75) is 44.2 Å². The summed E-state index contributed by atoms with van der Waals surface area (Å²) in [6, 6.07) is 5.11. The van der Waals surface area contributed by atoms with Gasteiger partial charge in [0.25, 0.3) is 5.91 Å². The van der Waals surface area contributed by atoms with E-state index in [1.165, 1.54) is 6.42 Å². The predicted molar refractivity (Wildman–Crippen MR) is 90.7 cm³/mol. The van der Waals surface area contributed by atoms with E-state index in [0.717, 1.165) is 25.7 Å². The third kappa shape index (κ3) is 3.92. The summed E-state index contributed by atoms with van der Waals surface area (Å²) in [6.45, 7) is 0. The van der Waals surface area contributed by atoms with Crippen LogP contribution in [0.15, 0.2) is 23.3 Å². The number of benzene rings is 1. The Labute approximate surface area is 145 Å². The van der Waals surface area contributed by atoms with E-state index in [9.17, 15) is 4.79 Å². The van der Waals surface area contributed by atoms with Gasteiger partial charge >= 0.3 is 0 Å². The van der Waals surface area contributed by atoms with Crippen LogP contribution in [0.4, 0.5) is 0 Å². The SMILES string of the molecule is [N-]=[N+]=NC1CC1CC(NC(=O)c1ccc(Cl)cc1Cl)C1CCC1. The topological polar surface area (TPSA) is 77.9 Å². The van der Waals surface area contributed by atoms with Crippen molar-refractivity contribution in [3.8, 4) is 0 Å². The van der Waals surface area contributed by atoms with Crippen molar-refractivity contribution >= 4 is 29.1 Å². The molecule has 0 spiro atoms. The molecule has 0 saturated heterocycles. The normalized spacial score (nSPS) is 24.3. The van der Waals surface area contributed by atoms with Gasteiger partial charge in [0.1, 0.15) is 0 Å². The fourth-order valence-electron chi connectivity index (χ4n) is 3.15. The van der Waals surface area contributed by atoms with E-state index >= 15 is 0 Å². The largest absolute Gasteiger partial charge is 0.349 e. The second-order valence-corrected chi connectivity index (χ2v) is 7.24. The average Bonchev–Trinajstić information content (AvgIpc) is 3.14. The minimum absolute atomic E-state index is 0.0959. The van der Waals surface area contributed by atoms with E-state index in [4.69, 9.17) is 28.7 Å². The lowest BCUT2D eigenvalue weighted by molar-refractivity contribution is 0.0893. The van der Waals surface area contributed by atoms with E-state index in [-0.39, 0.29) is 18.0 Å². The summed E-state index contributed by atoms with van der Waals surface area (Å²) in [4.78, 5) is 15.4. The zero-order valence-corrected chi connectivity index (χ0v) is 14.1. The summed E-state index contributed by atoms with van der Waals surface area (Å²) in [5.74, 6) is 0.736. The van der Waals surface area contributed by atoms with Crippen molar-refractivity contribution in [3.63, 3.8) is 0 Å². The Bertz CT molecular complexity index is 655. The maximum Gasteiger partial charge on any atom is 0.253 e. The molecule has 1 N–H and O–H groups in total. The third-order valence-corrected chi connectivity index (χ3v) is 5.40. The monoisotopic (exact) mass is 352 g/mol. The molecule has 0 heterocycles. The van der Waals surface area contributed by atoms with Gasteiger partial charge in [-0.2, -0.15) is 0 Å². The van der Waals surface area contributed by atoms with E-state index in [2.05, 4.69) is 15.3 Å². The molecule has 3 atom stereocenters. The first-order valence-corrected chi connectivity index (χ1v) is 8.64. The molecule has 2 aliphatic rings. The summed E-state index contributed by atoms with van der Waals surface area (Å²) in [5, 5.41) is 7.77. The van der Waals surface area contributed by atoms with Crippen LogP contribution in [0.1, 0.15) is 42.5 Å². The van der Waals surface area contributed by atoms with Gasteiger partial charge in [-0.15, -0.1) is 0 Å². The molecule has 3 unspecified atom stereocenters. The number of amides is 1. The number of hydrogen-bond acceptors (Lipinski definition) is 2. The number of carbonyl (C=O) groups is 1. The van der Waals surface area contributed by atoms with E-state index in [0.29, 0.717) is 27.4 Å². The van der Waals surface area contributed by atoms with Crippen LogP contribution in [0.25, 0.3) is 10.4 Å². The molecule has 23 heavy (non-hydrogen) atoms. The minimum atomic E-state index is -0.162. The van der Waals surface area contributed by atoms with Crippen molar-refractivity contribution in [3.05, 3.63) is 44.3 Å². The van der Waals surface area contributed by atoms with Crippen molar-refractivity contribution in [2.75, 3.05) is 0 Å². The number of hydrogen-bond donors (Lipinski definition) is 1. The van der Waals surface area contributed by atoms with Crippen LogP contribution in [0.3, 0.4) is 0 Å². The smallest absolute Gasteiger partial charge is 0.253 e. The Balaban J connectivity index is 1.66. The molecule has 2 fully saturated rings. The molecule has 7 heteroatoms. The molecule has 2 aliphatic carbocycles. The van der Waals surface area contributed by atoms with Crippen LogP contribution in [0.5, 0.6) is 0 Å². The highest BCUT2D eigenvalue weighted by Gasteiger charge is 2.40. The number of rotatable bonds is 6. The summed E-state index contributed by atoms with van der Waals surface area (Å²) < 4.78 is 0. The summed E-state index contributed by atoms with van der Waals surface area (Å²) >= 11 is 12.0. The Morgan fingerprint density at radius 3 is 2.83 bits per heavy atom. The van der Waals surface area contributed by atoms with Crippen LogP contribution in [0, 0.1) is 11.8 Å². The summed E-state index contributed by atoms with van der Waals surface area (Å²) in [7, 11) is 0. The molecule has 0 aromatic heterocycles. The average molecular weight is 353 g/mol. The number of nitrogens with one attached hydrogen (secondary N) is 1. The highest BCUT2D eigenvalue weighted by atomic mass is 35.5. The molecule has 2 saturated carbocycles. The van der Waals surface area contributed by atoms with Crippen molar-refractivity contribution in [1.29, 1.82) is 0 Å². The lowest BCUT2D eigenvalue weighted by atomic mass is 9.77. The Kier molecular flexibility index (Phi) is 5.00. The quantitative estimate of drug-likeness (QED) is 0.437. The summed E-state index contributed by atoms with van der Waals surface area (Å²) in [6.07, 6.45) is 5.27. The second-order valence-electron chi connectivity index (χ2n) is 6.40. The highest BCUT2D eigenvalue weighted by molar-refractivity contribution is 6.36. The summed E-state index contributed by atoms with van der Waals surface area (Å²) in [5.41, 5.74) is 8.95. The zero-order valence-electron chi connectivity index (χ0n) is 12.6. The molecule has 1 aromatic carbocycles. The first-order valence-electron chi connectivity index (χ1n) is 7.88. The van der Waals surface area contributed by atoms with Crippen molar-refractivity contribution < 1.29 is 4.79 Å². The third-order valence-electron chi connectivity index (χ3n) is 4.85. The number of halogens is 2. The van der Waals surface area contributed by atoms with Gasteiger partial charge in [-0.05, 0) is 61.2 Å². The molecular weight excluding hydrogens is 335 g/mol. The maximum absolute atomic E-state index is 12.5. The molecule has 0 aliphatic heterocycles. The molecule has 3 rings (SSSR count). The predicted octanol–water partition coefficient (Wildman–Crippen LogP) is 4.98. The molecular formula is C16H18Cl2N4O. The molecule has 0 radical (unpaired) electrons. The number of carbonyl (C=O) groups excluding carboxylic acids is 1. The van der Waals surface area contributed by atoms with Gasteiger partial charge in [-0.25, -0.2) is 0 Å². The van der Waals surface area contributed by atoms with Crippen LogP contribution in [-0.2, 0) is 0 Å².